The molecule has 0 bridgehead atoms. The SMILES string of the molecule is O=C(CN(c1cccc(C(F)(F)F)c1)S(=O)(=O)c1ccccc1)Nc1ccc(S(=O)(=O)N2CCCCC2)cc1. The Morgan fingerprint density at radius 3 is 2.08 bits per heavy atom. The van der Waals surface area contributed by atoms with Crippen LogP contribution in [0.5, 0.6) is 0 Å². The van der Waals surface area contributed by atoms with Crippen molar-refractivity contribution in [2.75, 3.05) is 29.3 Å². The summed E-state index contributed by atoms with van der Waals surface area (Å²) in [5.74, 6) is -0.835. The number of nitrogens with one attached hydrogen (secondary N) is 1. The number of hydrogen-bond donors (Lipinski definition) is 1. The highest BCUT2D eigenvalue weighted by atomic mass is 32.2. The minimum Gasteiger partial charge on any atom is -0.325 e. The van der Waals surface area contributed by atoms with Crippen LogP contribution in [0.15, 0.2) is 88.7 Å². The van der Waals surface area contributed by atoms with Gasteiger partial charge in [0.05, 0.1) is 21.0 Å². The van der Waals surface area contributed by atoms with E-state index < -0.39 is 44.2 Å². The Bertz CT molecular complexity index is 1520. The van der Waals surface area contributed by atoms with E-state index in [1.807, 2.05) is 0 Å². The first-order valence-corrected chi connectivity index (χ1v) is 14.9. The van der Waals surface area contributed by atoms with Gasteiger partial charge in [0, 0.05) is 18.8 Å². The van der Waals surface area contributed by atoms with Crippen LogP contribution in [0.4, 0.5) is 24.5 Å². The smallest absolute Gasteiger partial charge is 0.325 e. The first kappa shape index (κ1) is 28.6. The fourth-order valence-corrected chi connectivity index (χ4v) is 7.12. The second-order valence-electron chi connectivity index (χ2n) is 8.91. The molecule has 3 aromatic rings. The molecule has 1 amide bonds. The van der Waals surface area contributed by atoms with Crippen molar-refractivity contribution in [2.24, 2.45) is 0 Å². The van der Waals surface area contributed by atoms with Gasteiger partial charge in [-0.3, -0.25) is 9.10 Å². The highest BCUT2D eigenvalue weighted by molar-refractivity contribution is 7.92. The van der Waals surface area contributed by atoms with Gasteiger partial charge in [-0.2, -0.15) is 17.5 Å². The van der Waals surface area contributed by atoms with Crippen LogP contribution in [0.25, 0.3) is 0 Å². The van der Waals surface area contributed by atoms with Gasteiger partial charge in [-0.25, -0.2) is 16.8 Å². The topological polar surface area (TPSA) is 104 Å². The summed E-state index contributed by atoms with van der Waals surface area (Å²) >= 11 is 0. The molecule has 0 aromatic heterocycles. The highest BCUT2D eigenvalue weighted by Gasteiger charge is 2.33. The highest BCUT2D eigenvalue weighted by Crippen LogP contribution is 2.33. The zero-order valence-electron chi connectivity index (χ0n) is 20.6. The molecule has 0 aliphatic carbocycles. The fraction of sp³-hybridized carbons (Fsp3) is 0.269. The largest absolute Gasteiger partial charge is 0.416 e. The van der Waals surface area contributed by atoms with Gasteiger partial charge < -0.3 is 5.32 Å². The van der Waals surface area contributed by atoms with E-state index in [1.54, 1.807) is 6.07 Å². The number of anilines is 2. The predicted molar refractivity (Wildman–Crippen MR) is 140 cm³/mol. The van der Waals surface area contributed by atoms with Crippen molar-refractivity contribution in [3.05, 3.63) is 84.4 Å². The number of hydrogen-bond acceptors (Lipinski definition) is 5. The Labute approximate surface area is 225 Å². The molecule has 0 saturated carbocycles. The minimum absolute atomic E-state index is 0.0552. The van der Waals surface area contributed by atoms with Crippen LogP contribution in [0.1, 0.15) is 24.8 Å². The average Bonchev–Trinajstić information content (AvgIpc) is 2.92. The second kappa shape index (κ2) is 11.4. The number of benzene rings is 3. The number of nitrogens with zero attached hydrogens (tertiary/aromatic N) is 2. The summed E-state index contributed by atoms with van der Waals surface area (Å²) in [6, 6.07) is 16.1. The number of alkyl halides is 3. The molecule has 0 radical (unpaired) electrons. The molecule has 1 heterocycles. The number of amides is 1. The van der Waals surface area contributed by atoms with Crippen molar-refractivity contribution in [3.63, 3.8) is 0 Å². The number of piperidine rings is 1. The van der Waals surface area contributed by atoms with E-state index in [-0.39, 0.29) is 21.2 Å². The van der Waals surface area contributed by atoms with E-state index in [0.29, 0.717) is 23.5 Å². The Hall–Kier alpha value is -3.42. The van der Waals surface area contributed by atoms with Gasteiger partial charge in [0.1, 0.15) is 6.54 Å². The Balaban J connectivity index is 1.58. The summed E-state index contributed by atoms with van der Waals surface area (Å²) in [7, 11) is -8.11. The molecule has 4 rings (SSSR count). The van der Waals surface area contributed by atoms with Gasteiger partial charge >= 0.3 is 6.18 Å². The maximum atomic E-state index is 13.4. The molecule has 208 valence electrons. The van der Waals surface area contributed by atoms with E-state index >= 15 is 0 Å². The first-order chi connectivity index (χ1) is 18.4. The number of carbonyl (C=O) groups excluding carboxylic acids is 1. The zero-order valence-corrected chi connectivity index (χ0v) is 22.3. The third kappa shape index (κ3) is 6.60. The lowest BCUT2D eigenvalue weighted by Crippen LogP contribution is -2.38. The molecule has 0 atom stereocenters. The van der Waals surface area contributed by atoms with Gasteiger partial charge in [-0.15, -0.1) is 0 Å². The molecule has 1 fully saturated rings. The summed E-state index contributed by atoms with van der Waals surface area (Å²) in [6.45, 7) is 0.0382. The van der Waals surface area contributed by atoms with Crippen LogP contribution in [0.3, 0.4) is 0 Å². The summed E-state index contributed by atoms with van der Waals surface area (Å²) in [4.78, 5) is 12.8. The molecule has 0 unspecified atom stereocenters. The van der Waals surface area contributed by atoms with Gasteiger partial charge in [0.25, 0.3) is 10.0 Å². The van der Waals surface area contributed by atoms with Crippen LogP contribution in [0, 0.1) is 0 Å². The molecule has 1 saturated heterocycles. The van der Waals surface area contributed by atoms with Crippen molar-refractivity contribution in [3.8, 4) is 0 Å². The molecule has 39 heavy (non-hydrogen) atoms. The minimum atomic E-state index is -4.73. The summed E-state index contributed by atoms with van der Waals surface area (Å²) in [6.07, 6.45) is -2.20. The van der Waals surface area contributed by atoms with Crippen LogP contribution in [-0.4, -0.2) is 46.7 Å². The molecular formula is C26H26F3N3O5S2. The van der Waals surface area contributed by atoms with E-state index in [1.165, 1.54) is 58.9 Å². The van der Waals surface area contributed by atoms with E-state index in [9.17, 15) is 34.8 Å². The number of sulfonamides is 2. The van der Waals surface area contributed by atoms with Gasteiger partial charge in [-0.1, -0.05) is 30.7 Å². The molecule has 1 aliphatic heterocycles. The second-order valence-corrected chi connectivity index (χ2v) is 12.7. The molecule has 8 nitrogen and oxygen atoms in total. The third-order valence-corrected chi connectivity index (χ3v) is 9.87. The summed E-state index contributed by atoms with van der Waals surface area (Å²) in [5.41, 5.74) is -1.22. The first-order valence-electron chi connectivity index (χ1n) is 12.0. The van der Waals surface area contributed by atoms with Crippen molar-refractivity contribution in [2.45, 2.75) is 35.2 Å². The Kier molecular flexibility index (Phi) is 8.33. The van der Waals surface area contributed by atoms with E-state index in [2.05, 4.69) is 5.32 Å². The van der Waals surface area contributed by atoms with Crippen molar-refractivity contribution >= 4 is 37.3 Å². The molecule has 13 heteroatoms. The maximum Gasteiger partial charge on any atom is 0.416 e. The van der Waals surface area contributed by atoms with Crippen LogP contribution in [-0.2, 0) is 31.0 Å². The van der Waals surface area contributed by atoms with Gasteiger partial charge in [0.15, 0.2) is 0 Å². The Morgan fingerprint density at radius 2 is 1.46 bits per heavy atom. The summed E-state index contributed by atoms with van der Waals surface area (Å²) in [5, 5.41) is 2.49. The Morgan fingerprint density at radius 1 is 0.821 bits per heavy atom. The average molecular weight is 582 g/mol. The molecule has 1 N–H and O–H groups in total. The number of halogens is 3. The predicted octanol–water partition coefficient (Wildman–Crippen LogP) is 4.71. The lowest BCUT2D eigenvalue weighted by Gasteiger charge is -2.26. The van der Waals surface area contributed by atoms with Crippen LogP contribution < -0.4 is 9.62 Å². The lowest BCUT2D eigenvalue weighted by molar-refractivity contribution is -0.137. The fourth-order valence-electron chi connectivity index (χ4n) is 4.17. The standard InChI is InChI=1S/C26H26F3N3O5S2/c27-26(28,29)20-8-7-9-22(18-20)32(39(36,37)23-10-3-1-4-11-23)19-25(33)30-21-12-14-24(15-13-21)38(34,35)31-16-5-2-6-17-31/h1,3-4,7-15,18H,2,5-6,16-17,19H2,(H,30,33). The van der Waals surface area contributed by atoms with Crippen LogP contribution >= 0.6 is 0 Å². The summed E-state index contributed by atoms with van der Waals surface area (Å²) < 4.78 is 94.5. The van der Waals surface area contributed by atoms with Crippen molar-refractivity contribution < 1.29 is 34.8 Å². The molecule has 3 aromatic carbocycles. The van der Waals surface area contributed by atoms with E-state index in [0.717, 1.165) is 31.4 Å². The molecule has 1 aliphatic rings. The lowest BCUT2D eigenvalue weighted by atomic mass is 10.2. The zero-order chi connectivity index (χ0) is 28.3. The third-order valence-electron chi connectivity index (χ3n) is 6.17. The number of rotatable bonds is 8. The maximum absolute atomic E-state index is 13.4. The van der Waals surface area contributed by atoms with Crippen LogP contribution in [0.2, 0.25) is 0 Å². The molecular weight excluding hydrogens is 555 g/mol. The van der Waals surface area contributed by atoms with Gasteiger partial charge in [0.2, 0.25) is 15.9 Å². The normalized spacial score (nSPS) is 15.1. The van der Waals surface area contributed by atoms with E-state index in [4.69, 9.17) is 0 Å². The van der Waals surface area contributed by atoms with Crippen molar-refractivity contribution in [1.82, 2.24) is 4.31 Å². The van der Waals surface area contributed by atoms with Gasteiger partial charge in [-0.05, 0) is 67.4 Å². The number of carbonyl (C=O) groups is 1. The molecule has 0 spiro atoms. The van der Waals surface area contributed by atoms with Crippen molar-refractivity contribution in [1.29, 1.82) is 0 Å². The monoisotopic (exact) mass is 581 g/mol. The quantitative estimate of drug-likeness (QED) is 0.415.